The minimum atomic E-state index is 0.454. The lowest BCUT2D eigenvalue weighted by Crippen LogP contribution is -2.51. The first-order chi connectivity index (χ1) is 6.61. The van der Waals surface area contributed by atoms with Gasteiger partial charge in [0.2, 0.25) is 0 Å². The van der Waals surface area contributed by atoms with E-state index in [1.165, 1.54) is 45.2 Å². The zero-order valence-electron chi connectivity index (χ0n) is 10.5. The summed E-state index contributed by atoms with van der Waals surface area (Å²) in [4.78, 5) is 2.71. The van der Waals surface area contributed by atoms with Gasteiger partial charge in [0.15, 0.2) is 0 Å². The van der Waals surface area contributed by atoms with E-state index in [2.05, 4.69) is 32.6 Å². The molecule has 1 rings (SSSR count). The zero-order chi connectivity index (χ0) is 10.6. The molecule has 0 aromatic heterocycles. The number of hydrogen-bond acceptors (Lipinski definition) is 1. The second kappa shape index (κ2) is 5.16. The van der Waals surface area contributed by atoms with Crippen molar-refractivity contribution < 1.29 is 0 Å². The third-order valence-electron chi connectivity index (χ3n) is 4.21. The van der Waals surface area contributed by atoms with Crippen LogP contribution in [0.3, 0.4) is 0 Å². The summed E-state index contributed by atoms with van der Waals surface area (Å²) in [6.45, 7) is 12.1. The highest BCUT2D eigenvalue weighted by molar-refractivity contribution is 4.89. The van der Waals surface area contributed by atoms with Crippen LogP contribution in [0.5, 0.6) is 0 Å². The van der Waals surface area contributed by atoms with Crippen LogP contribution in [-0.2, 0) is 0 Å². The summed E-state index contributed by atoms with van der Waals surface area (Å²) >= 11 is 0. The maximum absolute atomic E-state index is 2.71. The molecular weight excluding hydrogens is 170 g/mol. The lowest BCUT2D eigenvalue weighted by atomic mass is 9.80. The molecule has 1 fully saturated rings. The third kappa shape index (κ3) is 2.50. The molecule has 14 heavy (non-hydrogen) atoms. The first-order valence-corrected chi connectivity index (χ1v) is 6.36. The standard InChI is InChI=1S/C13H27N/c1-5-14-11-9-7-6-8-10-13(14,4)12(2)3/h12H,5-11H2,1-4H3. The number of hydrogen-bond donors (Lipinski definition) is 0. The summed E-state index contributed by atoms with van der Waals surface area (Å²) in [5, 5.41) is 0. The second-order valence-corrected chi connectivity index (χ2v) is 5.26. The number of likely N-dealkylation sites (tertiary alicyclic amines) is 1. The summed E-state index contributed by atoms with van der Waals surface area (Å²) in [5.41, 5.74) is 0.454. The van der Waals surface area contributed by atoms with E-state index in [9.17, 15) is 0 Å². The minimum Gasteiger partial charge on any atom is -0.298 e. The molecule has 1 aliphatic rings. The molecule has 0 aromatic rings. The first-order valence-electron chi connectivity index (χ1n) is 6.36. The molecule has 1 saturated heterocycles. The molecule has 0 aromatic carbocycles. The Bertz CT molecular complexity index is 165. The van der Waals surface area contributed by atoms with Crippen LogP contribution < -0.4 is 0 Å². The molecule has 0 aliphatic carbocycles. The highest BCUT2D eigenvalue weighted by atomic mass is 15.2. The van der Waals surface area contributed by atoms with Gasteiger partial charge in [-0.1, -0.05) is 40.0 Å². The molecule has 84 valence electrons. The Hall–Kier alpha value is -0.0400. The summed E-state index contributed by atoms with van der Waals surface area (Å²) in [5.74, 6) is 0.778. The first kappa shape index (κ1) is 12.0. The van der Waals surface area contributed by atoms with Crippen molar-refractivity contribution in [3.8, 4) is 0 Å². The highest BCUT2D eigenvalue weighted by Gasteiger charge is 2.33. The van der Waals surface area contributed by atoms with Gasteiger partial charge in [-0.05, 0) is 38.8 Å². The third-order valence-corrected chi connectivity index (χ3v) is 4.21. The fourth-order valence-electron chi connectivity index (χ4n) is 2.73. The van der Waals surface area contributed by atoms with Gasteiger partial charge in [0.1, 0.15) is 0 Å². The van der Waals surface area contributed by atoms with Crippen molar-refractivity contribution in [3.63, 3.8) is 0 Å². The number of nitrogens with zero attached hydrogens (tertiary/aromatic N) is 1. The molecule has 0 saturated carbocycles. The van der Waals surface area contributed by atoms with E-state index in [-0.39, 0.29) is 0 Å². The fraction of sp³-hybridized carbons (Fsp3) is 1.00. The molecule has 1 unspecified atom stereocenters. The van der Waals surface area contributed by atoms with Gasteiger partial charge < -0.3 is 0 Å². The lowest BCUT2D eigenvalue weighted by Gasteiger charge is -2.45. The molecule has 1 atom stereocenters. The summed E-state index contributed by atoms with van der Waals surface area (Å²) in [6.07, 6.45) is 7.09. The molecule has 1 nitrogen and oxygen atoms in total. The van der Waals surface area contributed by atoms with Crippen LogP contribution in [0.25, 0.3) is 0 Å². The van der Waals surface area contributed by atoms with Crippen molar-refractivity contribution in [3.05, 3.63) is 0 Å². The molecule has 0 amide bonds. The molecule has 1 heterocycles. The van der Waals surface area contributed by atoms with Crippen LogP contribution in [0.1, 0.15) is 59.8 Å². The normalized spacial score (nSPS) is 31.5. The Labute approximate surface area is 89.9 Å². The largest absolute Gasteiger partial charge is 0.298 e. The Balaban J connectivity index is 2.72. The predicted molar refractivity (Wildman–Crippen MR) is 63.6 cm³/mol. The van der Waals surface area contributed by atoms with Crippen molar-refractivity contribution in [2.24, 2.45) is 5.92 Å². The van der Waals surface area contributed by atoms with Gasteiger partial charge in [-0.25, -0.2) is 0 Å². The van der Waals surface area contributed by atoms with E-state index >= 15 is 0 Å². The molecule has 1 heteroatoms. The average molecular weight is 197 g/mol. The second-order valence-electron chi connectivity index (χ2n) is 5.26. The summed E-state index contributed by atoms with van der Waals surface area (Å²) < 4.78 is 0. The van der Waals surface area contributed by atoms with Crippen LogP contribution in [0, 0.1) is 5.92 Å². The topological polar surface area (TPSA) is 3.24 Å². The predicted octanol–water partition coefficient (Wildman–Crippen LogP) is 3.69. The monoisotopic (exact) mass is 197 g/mol. The Morgan fingerprint density at radius 3 is 2.36 bits per heavy atom. The van der Waals surface area contributed by atoms with E-state index in [0.29, 0.717) is 5.54 Å². The van der Waals surface area contributed by atoms with E-state index < -0.39 is 0 Å². The van der Waals surface area contributed by atoms with E-state index in [4.69, 9.17) is 0 Å². The molecular formula is C13H27N. The quantitative estimate of drug-likeness (QED) is 0.652. The minimum absolute atomic E-state index is 0.454. The van der Waals surface area contributed by atoms with Crippen molar-refractivity contribution in [2.75, 3.05) is 13.1 Å². The van der Waals surface area contributed by atoms with E-state index in [1.54, 1.807) is 0 Å². The van der Waals surface area contributed by atoms with Crippen LogP contribution in [-0.4, -0.2) is 23.5 Å². The van der Waals surface area contributed by atoms with E-state index in [1.807, 2.05) is 0 Å². The number of rotatable bonds is 2. The van der Waals surface area contributed by atoms with Gasteiger partial charge >= 0.3 is 0 Å². The molecule has 0 N–H and O–H groups in total. The van der Waals surface area contributed by atoms with Gasteiger partial charge in [-0.3, -0.25) is 4.90 Å². The van der Waals surface area contributed by atoms with Gasteiger partial charge in [0, 0.05) is 5.54 Å². The lowest BCUT2D eigenvalue weighted by molar-refractivity contribution is 0.0454. The highest BCUT2D eigenvalue weighted by Crippen LogP contribution is 2.32. The van der Waals surface area contributed by atoms with Gasteiger partial charge in [0.05, 0.1) is 0 Å². The summed E-state index contributed by atoms with van der Waals surface area (Å²) in [7, 11) is 0. The molecule has 0 radical (unpaired) electrons. The summed E-state index contributed by atoms with van der Waals surface area (Å²) in [6, 6.07) is 0. The molecule has 0 spiro atoms. The van der Waals surface area contributed by atoms with Gasteiger partial charge in [0.25, 0.3) is 0 Å². The fourth-order valence-corrected chi connectivity index (χ4v) is 2.73. The van der Waals surface area contributed by atoms with E-state index in [0.717, 1.165) is 5.92 Å². The Kier molecular flexibility index (Phi) is 4.43. The van der Waals surface area contributed by atoms with Crippen LogP contribution in [0.15, 0.2) is 0 Å². The van der Waals surface area contributed by atoms with Crippen molar-refractivity contribution >= 4 is 0 Å². The van der Waals surface area contributed by atoms with Gasteiger partial charge in [-0.15, -0.1) is 0 Å². The van der Waals surface area contributed by atoms with Crippen LogP contribution >= 0.6 is 0 Å². The molecule has 0 bridgehead atoms. The van der Waals surface area contributed by atoms with Gasteiger partial charge in [-0.2, -0.15) is 0 Å². The van der Waals surface area contributed by atoms with Crippen LogP contribution in [0.2, 0.25) is 0 Å². The SMILES string of the molecule is CCN1CCCCCCC1(C)C(C)C. The Morgan fingerprint density at radius 1 is 1.14 bits per heavy atom. The maximum Gasteiger partial charge on any atom is 0.0204 e. The average Bonchev–Trinajstić information content (AvgIpc) is 2.12. The van der Waals surface area contributed by atoms with Crippen molar-refractivity contribution in [2.45, 2.75) is 65.3 Å². The smallest absolute Gasteiger partial charge is 0.0204 e. The maximum atomic E-state index is 2.71. The van der Waals surface area contributed by atoms with Crippen molar-refractivity contribution in [1.82, 2.24) is 4.90 Å². The van der Waals surface area contributed by atoms with Crippen LogP contribution in [0.4, 0.5) is 0 Å². The molecule has 1 aliphatic heterocycles. The Morgan fingerprint density at radius 2 is 1.79 bits per heavy atom. The zero-order valence-corrected chi connectivity index (χ0v) is 10.5. The van der Waals surface area contributed by atoms with Crippen molar-refractivity contribution in [1.29, 1.82) is 0 Å².